The molecule has 2 aromatic heterocycles. The van der Waals surface area contributed by atoms with Gasteiger partial charge in [-0.1, -0.05) is 23.4 Å². The van der Waals surface area contributed by atoms with Crippen LogP contribution in [0.25, 0.3) is 11.4 Å². The summed E-state index contributed by atoms with van der Waals surface area (Å²) in [6.45, 7) is 0. The maximum atomic E-state index is 5.67. The van der Waals surface area contributed by atoms with Crippen molar-refractivity contribution in [3.63, 3.8) is 0 Å². The Kier molecular flexibility index (Phi) is 2.69. The second-order valence-electron chi connectivity index (χ2n) is 2.54. The molecule has 0 aliphatic carbocycles. The normalized spacial score (nSPS) is 10.4. The minimum atomic E-state index is 0.471. The van der Waals surface area contributed by atoms with E-state index in [1.165, 1.54) is 11.8 Å². The number of pyridine rings is 1. The average Bonchev–Trinajstić information content (AvgIpc) is 2.67. The second kappa shape index (κ2) is 3.98. The molecule has 0 bridgehead atoms. The third-order valence-electron chi connectivity index (χ3n) is 1.65. The molecule has 2 heterocycles. The van der Waals surface area contributed by atoms with Gasteiger partial charge in [-0.3, -0.25) is 5.10 Å². The molecule has 0 aromatic carbocycles. The lowest BCUT2D eigenvalue weighted by Gasteiger charge is -1.93. The van der Waals surface area contributed by atoms with Crippen LogP contribution in [0.2, 0.25) is 5.15 Å². The van der Waals surface area contributed by atoms with E-state index in [1.807, 2.05) is 12.3 Å². The molecule has 2 aromatic rings. The Labute approximate surface area is 90.1 Å². The van der Waals surface area contributed by atoms with E-state index in [9.17, 15) is 0 Å². The van der Waals surface area contributed by atoms with Gasteiger partial charge in [0.2, 0.25) is 5.16 Å². The van der Waals surface area contributed by atoms with Crippen molar-refractivity contribution in [1.82, 2.24) is 20.2 Å². The van der Waals surface area contributed by atoms with Gasteiger partial charge >= 0.3 is 0 Å². The first-order valence-corrected chi connectivity index (χ1v) is 5.48. The van der Waals surface area contributed by atoms with Gasteiger partial charge < -0.3 is 0 Å². The van der Waals surface area contributed by atoms with Gasteiger partial charge in [-0.15, -0.1) is 5.10 Å². The molecule has 0 aliphatic rings. The summed E-state index contributed by atoms with van der Waals surface area (Å²) in [4.78, 5) is 8.20. The summed E-state index contributed by atoms with van der Waals surface area (Å²) in [6, 6.07) is 3.57. The molecule has 72 valence electrons. The van der Waals surface area contributed by atoms with Crippen molar-refractivity contribution in [2.75, 3.05) is 6.26 Å². The molecule has 0 saturated heterocycles. The predicted molar refractivity (Wildman–Crippen MR) is 56.4 cm³/mol. The van der Waals surface area contributed by atoms with Gasteiger partial charge in [0.15, 0.2) is 5.82 Å². The molecule has 6 heteroatoms. The number of rotatable bonds is 2. The summed E-state index contributed by atoms with van der Waals surface area (Å²) in [5.74, 6) is 0.707. The highest BCUT2D eigenvalue weighted by Gasteiger charge is 2.04. The van der Waals surface area contributed by atoms with Crippen molar-refractivity contribution in [3.05, 3.63) is 23.5 Å². The van der Waals surface area contributed by atoms with Crippen LogP contribution in [-0.2, 0) is 0 Å². The van der Waals surface area contributed by atoms with Crippen molar-refractivity contribution < 1.29 is 0 Å². The molecular formula is C8H7ClN4S. The fraction of sp³-hybridized carbons (Fsp3) is 0.125. The molecule has 4 nitrogen and oxygen atoms in total. The van der Waals surface area contributed by atoms with Crippen molar-refractivity contribution in [2.45, 2.75) is 5.16 Å². The van der Waals surface area contributed by atoms with E-state index < -0.39 is 0 Å². The molecule has 0 amide bonds. The highest BCUT2D eigenvalue weighted by atomic mass is 35.5. The summed E-state index contributed by atoms with van der Waals surface area (Å²) in [5, 5.41) is 8.02. The Morgan fingerprint density at radius 1 is 1.43 bits per heavy atom. The van der Waals surface area contributed by atoms with Gasteiger partial charge in [-0.05, 0) is 18.4 Å². The fourth-order valence-corrected chi connectivity index (χ4v) is 1.41. The highest BCUT2D eigenvalue weighted by molar-refractivity contribution is 7.98. The first kappa shape index (κ1) is 9.48. The zero-order valence-corrected chi connectivity index (χ0v) is 8.93. The maximum Gasteiger partial charge on any atom is 0.208 e. The van der Waals surface area contributed by atoms with E-state index in [1.54, 1.807) is 12.3 Å². The topological polar surface area (TPSA) is 54.5 Å². The molecule has 0 fully saturated rings. The number of thioether (sulfide) groups is 1. The van der Waals surface area contributed by atoms with Crippen LogP contribution >= 0.6 is 23.4 Å². The Bertz CT molecular complexity index is 425. The van der Waals surface area contributed by atoms with Crippen LogP contribution in [-0.4, -0.2) is 26.4 Å². The van der Waals surface area contributed by atoms with Crippen LogP contribution in [0.15, 0.2) is 23.5 Å². The van der Waals surface area contributed by atoms with Gasteiger partial charge in [0.25, 0.3) is 0 Å². The van der Waals surface area contributed by atoms with Crippen molar-refractivity contribution in [2.24, 2.45) is 0 Å². The lowest BCUT2D eigenvalue weighted by Crippen LogP contribution is -1.82. The van der Waals surface area contributed by atoms with Gasteiger partial charge in [0.1, 0.15) is 5.15 Å². The predicted octanol–water partition coefficient (Wildman–Crippen LogP) is 2.24. The Morgan fingerprint density at radius 2 is 2.29 bits per heavy atom. The lowest BCUT2D eigenvalue weighted by atomic mass is 10.3. The second-order valence-corrected chi connectivity index (χ2v) is 3.70. The van der Waals surface area contributed by atoms with E-state index in [0.717, 1.165) is 10.7 Å². The third-order valence-corrected chi connectivity index (χ3v) is 2.42. The van der Waals surface area contributed by atoms with Gasteiger partial charge in [0, 0.05) is 11.8 Å². The van der Waals surface area contributed by atoms with E-state index in [4.69, 9.17) is 11.6 Å². The average molecular weight is 227 g/mol. The zero-order chi connectivity index (χ0) is 9.97. The number of hydrogen-bond donors (Lipinski definition) is 1. The minimum Gasteiger partial charge on any atom is -0.258 e. The molecule has 0 radical (unpaired) electrons. The molecule has 0 atom stereocenters. The van der Waals surface area contributed by atoms with Crippen LogP contribution < -0.4 is 0 Å². The lowest BCUT2D eigenvalue weighted by molar-refractivity contribution is 0.976. The first-order valence-electron chi connectivity index (χ1n) is 3.88. The largest absolute Gasteiger partial charge is 0.258 e. The van der Waals surface area contributed by atoms with E-state index >= 15 is 0 Å². The third kappa shape index (κ3) is 1.88. The smallest absolute Gasteiger partial charge is 0.208 e. The van der Waals surface area contributed by atoms with Gasteiger partial charge in [0.05, 0.1) is 0 Å². The summed E-state index contributed by atoms with van der Waals surface area (Å²) >= 11 is 7.16. The Hall–Kier alpha value is -1.07. The van der Waals surface area contributed by atoms with E-state index in [-0.39, 0.29) is 0 Å². The molecule has 0 saturated carbocycles. The van der Waals surface area contributed by atoms with Crippen molar-refractivity contribution >= 4 is 23.4 Å². The SMILES string of the molecule is CSc1n[nH]c(-c2ccc(Cl)nc2)n1. The molecule has 0 unspecified atom stereocenters. The molecule has 0 aliphatic heterocycles. The monoisotopic (exact) mass is 226 g/mol. The fourth-order valence-electron chi connectivity index (χ4n) is 0.983. The quantitative estimate of drug-likeness (QED) is 0.630. The number of hydrogen-bond acceptors (Lipinski definition) is 4. The van der Waals surface area contributed by atoms with Crippen molar-refractivity contribution in [1.29, 1.82) is 0 Å². The number of aromatic nitrogens is 4. The van der Waals surface area contributed by atoms with Gasteiger partial charge in [-0.2, -0.15) is 0 Å². The number of nitrogens with one attached hydrogen (secondary N) is 1. The number of H-pyrrole nitrogens is 1. The van der Waals surface area contributed by atoms with Crippen LogP contribution in [0.1, 0.15) is 0 Å². The number of halogens is 1. The molecule has 14 heavy (non-hydrogen) atoms. The number of aromatic amines is 1. The van der Waals surface area contributed by atoms with E-state index in [0.29, 0.717) is 11.0 Å². The Balaban J connectivity index is 2.34. The van der Waals surface area contributed by atoms with E-state index in [2.05, 4.69) is 20.2 Å². The molecule has 2 rings (SSSR count). The minimum absolute atomic E-state index is 0.471. The van der Waals surface area contributed by atoms with Crippen LogP contribution in [0.5, 0.6) is 0 Å². The maximum absolute atomic E-state index is 5.67. The van der Waals surface area contributed by atoms with Gasteiger partial charge in [-0.25, -0.2) is 9.97 Å². The zero-order valence-electron chi connectivity index (χ0n) is 7.36. The standard InChI is InChI=1S/C8H7ClN4S/c1-14-8-11-7(12-13-8)5-2-3-6(9)10-4-5/h2-4H,1H3,(H,11,12,13). The molecular weight excluding hydrogens is 220 g/mol. The summed E-state index contributed by atoms with van der Waals surface area (Å²) in [5.41, 5.74) is 0.877. The summed E-state index contributed by atoms with van der Waals surface area (Å²) in [7, 11) is 0. The molecule has 1 N–H and O–H groups in total. The van der Waals surface area contributed by atoms with Crippen LogP contribution in [0.3, 0.4) is 0 Å². The molecule has 0 spiro atoms. The summed E-state index contributed by atoms with van der Waals surface area (Å²) < 4.78 is 0. The first-order chi connectivity index (χ1) is 6.79. The Morgan fingerprint density at radius 3 is 2.86 bits per heavy atom. The highest BCUT2D eigenvalue weighted by Crippen LogP contribution is 2.17. The van der Waals surface area contributed by atoms with Crippen molar-refractivity contribution in [3.8, 4) is 11.4 Å². The van der Waals surface area contributed by atoms with Crippen LogP contribution in [0, 0.1) is 0 Å². The number of nitrogens with zero attached hydrogens (tertiary/aromatic N) is 3. The van der Waals surface area contributed by atoms with Crippen LogP contribution in [0.4, 0.5) is 0 Å². The summed E-state index contributed by atoms with van der Waals surface area (Å²) in [6.07, 6.45) is 3.58.